The molecule has 0 aromatic carbocycles. The van der Waals surface area contributed by atoms with E-state index in [9.17, 15) is 0 Å². The zero-order valence-corrected chi connectivity index (χ0v) is 7.08. The number of nitrogens with two attached hydrogens (primary N) is 1. The van der Waals surface area contributed by atoms with Gasteiger partial charge in [-0.05, 0) is 12.2 Å². The van der Waals surface area contributed by atoms with Gasteiger partial charge in [-0.1, -0.05) is 0 Å². The fourth-order valence-electron chi connectivity index (χ4n) is 0.476. The van der Waals surface area contributed by atoms with E-state index in [1.54, 1.807) is 18.1 Å². The third-order valence-electron chi connectivity index (χ3n) is 1.04. The Kier molecular flexibility index (Phi) is 2.18. The van der Waals surface area contributed by atoms with Gasteiger partial charge in [0.1, 0.15) is 0 Å². The lowest BCUT2D eigenvalue weighted by Crippen LogP contribution is -2.31. The average Bonchev–Trinajstić information content (AvgIpc) is 2.36. The molecule has 3 nitrogen and oxygen atoms in total. The molecule has 0 aliphatic carbocycles. The summed E-state index contributed by atoms with van der Waals surface area (Å²) in [5, 5.41) is 3.05. The van der Waals surface area contributed by atoms with Gasteiger partial charge in [-0.3, -0.25) is 4.90 Å². The molecule has 1 aromatic heterocycles. The maximum Gasteiger partial charge on any atom is 0.191 e. The van der Waals surface area contributed by atoms with Crippen LogP contribution in [0.15, 0.2) is 11.6 Å². The minimum absolute atomic E-state index is 0.343. The molecule has 0 spiro atoms. The van der Waals surface area contributed by atoms with Crippen molar-refractivity contribution in [1.82, 2.24) is 4.98 Å². The van der Waals surface area contributed by atoms with Crippen molar-refractivity contribution in [2.45, 2.75) is 0 Å². The molecule has 2 N–H and O–H groups in total. The lowest BCUT2D eigenvalue weighted by atomic mass is 10.8. The zero-order chi connectivity index (χ0) is 7.56. The summed E-state index contributed by atoms with van der Waals surface area (Å²) in [6.45, 7) is 0. The van der Waals surface area contributed by atoms with Crippen molar-refractivity contribution >= 4 is 33.8 Å². The van der Waals surface area contributed by atoms with E-state index in [-0.39, 0.29) is 0 Å². The molecule has 5 heteroatoms. The molecule has 0 amide bonds. The van der Waals surface area contributed by atoms with Crippen LogP contribution < -0.4 is 10.6 Å². The molecule has 1 heterocycles. The number of rotatable bonds is 1. The quantitative estimate of drug-likeness (QED) is 0.639. The van der Waals surface area contributed by atoms with Crippen molar-refractivity contribution in [2.24, 2.45) is 5.73 Å². The Morgan fingerprint density at radius 2 is 2.60 bits per heavy atom. The summed E-state index contributed by atoms with van der Waals surface area (Å²) >= 11 is 6.24. The van der Waals surface area contributed by atoms with Crippen molar-refractivity contribution in [3.05, 3.63) is 11.6 Å². The van der Waals surface area contributed by atoms with Crippen LogP contribution in [-0.2, 0) is 0 Å². The second-order valence-electron chi connectivity index (χ2n) is 1.71. The van der Waals surface area contributed by atoms with Crippen molar-refractivity contribution in [1.29, 1.82) is 0 Å². The molecule has 1 aromatic rings. The first-order chi connectivity index (χ1) is 4.72. The summed E-state index contributed by atoms with van der Waals surface area (Å²) in [5.74, 6) is 0. The molecule has 0 bridgehead atoms. The van der Waals surface area contributed by atoms with Crippen LogP contribution in [0.5, 0.6) is 0 Å². The van der Waals surface area contributed by atoms with Gasteiger partial charge in [0.25, 0.3) is 0 Å². The van der Waals surface area contributed by atoms with E-state index in [1.165, 1.54) is 11.3 Å². The molecule has 0 aliphatic rings. The molecule has 54 valence electrons. The second kappa shape index (κ2) is 2.94. The average molecular weight is 173 g/mol. The van der Waals surface area contributed by atoms with Gasteiger partial charge in [0.2, 0.25) is 0 Å². The van der Waals surface area contributed by atoms with Crippen molar-refractivity contribution in [3.63, 3.8) is 0 Å². The SMILES string of the molecule is CN(C(N)=S)c1nccs1. The highest BCUT2D eigenvalue weighted by molar-refractivity contribution is 7.80. The molecular formula is C5H7N3S2. The van der Waals surface area contributed by atoms with Crippen LogP contribution in [0.3, 0.4) is 0 Å². The van der Waals surface area contributed by atoms with Crippen LogP contribution in [0.2, 0.25) is 0 Å². The van der Waals surface area contributed by atoms with Crippen LogP contribution in [0, 0.1) is 0 Å². The molecule has 0 atom stereocenters. The normalized spacial score (nSPS) is 9.30. The number of anilines is 1. The molecule has 10 heavy (non-hydrogen) atoms. The molecule has 0 saturated carbocycles. The highest BCUT2D eigenvalue weighted by atomic mass is 32.1. The van der Waals surface area contributed by atoms with E-state index < -0.39 is 0 Å². The standard InChI is InChI=1S/C5H7N3S2/c1-8(4(6)9)5-7-2-3-10-5/h2-3H,1H3,(H2,6,9). The summed E-state index contributed by atoms with van der Waals surface area (Å²) in [5.41, 5.74) is 5.35. The largest absolute Gasteiger partial charge is 0.376 e. The van der Waals surface area contributed by atoms with E-state index >= 15 is 0 Å². The number of hydrogen-bond donors (Lipinski definition) is 1. The summed E-state index contributed by atoms with van der Waals surface area (Å²) in [6.07, 6.45) is 1.72. The Bertz CT molecular complexity index is 219. The maximum absolute atomic E-state index is 5.35. The Hall–Kier alpha value is -0.680. The number of nitrogens with zero attached hydrogens (tertiary/aromatic N) is 2. The fraction of sp³-hybridized carbons (Fsp3) is 0.200. The Labute approximate surface area is 68.5 Å². The van der Waals surface area contributed by atoms with Crippen molar-refractivity contribution in [3.8, 4) is 0 Å². The van der Waals surface area contributed by atoms with Gasteiger partial charge in [-0.2, -0.15) is 0 Å². The Morgan fingerprint density at radius 1 is 1.90 bits per heavy atom. The van der Waals surface area contributed by atoms with Gasteiger partial charge in [0.15, 0.2) is 10.2 Å². The number of hydrogen-bond acceptors (Lipinski definition) is 3. The topological polar surface area (TPSA) is 42.1 Å². The van der Waals surface area contributed by atoms with Gasteiger partial charge in [0, 0.05) is 18.6 Å². The molecule has 0 radical (unpaired) electrons. The van der Waals surface area contributed by atoms with Gasteiger partial charge >= 0.3 is 0 Å². The van der Waals surface area contributed by atoms with Gasteiger partial charge in [-0.25, -0.2) is 4.98 Å². The lowest BCUT2D eigenvalue weighted by Gasteiger charge is -2.11. The third kappa shape index (κ3) is 1.43. The summed E-state index contributed by atoms with van der Waals surface area (Å²) in [6, 6.07) is 0. The second-order valence-corrected chi connectivity index (χ2v) is 3.00. The third-order valence-corrected chi connectivity index (χ3v) is 2.16. The lowest BCUT2D eigenvalue weighted by molar-refractivity contribution is 1.22. The fourth-order valence-corrected chi connectivity index (χ4v) is 1.24. The number of thiocarbonyl (C=S) groups is 1. The van der Waals surface area contributed by atoms with Crippen molar-refractivity contribution in [2.75, 3.05) is 11.9 Å². The predicted molar refractivity (Wildman–Crippen MR) is 47.3 cm³/mol. The smallest absolute Gasteiger partial charge is 0.191 e. The minimum Gasteiger partial charge on any atom is -0.376 e. The van der Waals surface area contributed by atoms with Crippen molar-refractivity contribution < 1.29 is 0 Å². The molecule has 0 unspecified atom stereocenters. The molecule has 0 saturated heterocycles. The van der Waals surface area contributed by atoms with E-state index in [4.69, 9.17) is 18.0 Å². The van der Waals surface area contributed by atoms with Crippen LogP contribution >= 0.6 is 23.6 Å². The zero-order valence-electron chi connectivity index (χ0n) is 5.44. The first-order valence-electron chi connectivity index (χ1n) is 2.64. The first-order valence-corrected chi connectivity index (χ1v) is 3.93. The highest BCUT2D eigenvalue weighted by Crippen LogP contribution is 2.14. The van der Waals surface area contributed by atoms with Crippen LogP contribution in [0.4, 0.5) is 5.13 Å². The van der Waals surface area contributed by atoms with Gasteiger partial charge < -0.3 is 5.73 Å². The maximum atomic E-state index is 5.35. The van der Waals surface area contributed by atoms with E-state index in [2.05, 4.69) is 4.98 Å². The monoisotopic (exact) mass is 173 g/mol. The minimum atomic E-state index is 0.343. The van der Waals surface area contributed by atoms with E-state index in [0.29, 0.717) is 5.11 Å². The summed E-state index contributed by atoms with van der Waals surface area (Å²) in [4.78, 5) is 5.68. The summed E-state index contributed by atoms with van der Waals surface area (Å²) < 4.78 is 0. The Balaban J connectivity index is 2.77. The summed E-state index contributed by atoms with van der Waals surface area (Å²) in [7, 11) is 1.79. The van der Waals surface area contributed by atoms with Crippen LogP contribution in [-0.4, -0.2) is 17.1 Å². The molecule has 0 fully saturated rings. The first kappa shape index (κ1) is 7.43. The van der Waals surface area contributed by atoms with Crippen LogP contribution in [0.25, 0.3) is 0 Å². The Morgan fingerprint density at radius 3 is 3.00 bits per heavy atom. The molecule has 0 aliphatic heterocycles. The van der Waals surface area contributed by atoms with E-state index in [0.717, 1.165) is 5.13 Å². The molecular weight excluding hydrogens is 166 g/mol. The van der Waals surface area contributed by atoms with E-state index in [1.807, 2.05) is 5.38 Å². The molecule has 1 rings (SSSR count). The highest BCUT2D eigenvalue weighted by Gasteiger charge is 2.03. The van der Waals surface area contributed by atoms with Gasteiger partial charge in [-0.15, -0.1) is 11.3 Å². The predicted octanol–water partition coefficient (Wildman–Crippen LogP) is 0.823. The number of aromatic nitrogens is 1. The van der Waals surface area contributed by atoms with Crippen LogP contribution in [0.1, 0.15) is 0 Å². The number of thiazole rings is 1. The van der Waals surface area contributed by atoms with Gasteiger partial charge in [0.05, 0.1) is 0 Å².